The highest BCUT2D eigenvalue weighted by molar-refractivity contribution is 6.35. The molecule has 0 unspecified atom stereocenters. The molecule has 0 saturated carbocycles. The van der Waals surface area contributed by atoms with Crippen molar-refractivity contribution in [3.8, 4) is 23.0 Å². The maximum atomic E-state index is 6.04. The van der Waals surface area contributed by atoms with Gasteiger partial charge in [0.05, 0.1) is 44.0 Å². The molecule has 10 rings (SSSR count). The van der Waals surface area contributed by atoms with Crippen LogP contribution in [0.25, 0.3) is 32.7 Å². The Morgan fingerprint density at radius 2 is 0.986 bits per heavy atom. The molecule has 0 radical (unpaired) electrons. The molecule has 3 aromatic heterocycles. The monoisotopic (exact) mass is 1050 g/mol. The second-order valence-electron chi connectivity index (χ2n) is 17.0. The Balaban J connectivity index is 0.000000154. The maximum Gasteiger partial charge on any atom is 0.229 e. The van der Waals surface area contributed by atoms with Crippen LogP contribution in [-0.4, -0.2) is 121 Å². The number of nitrogens with two attached hydrogens (primary N) is 1. The molecule has 5 aromatic carbocycles. The second kappa shape index (κ2) is 27.9. The molecule has 2 saturated heterocycles. The summed E-state index contributed by atoms with van der Waals surface area (Å²) in [4.78, 5) is 30.2. The lowest BCUT2D eigenvalue weighted by molar-refractivity contribution is 0.254. The van der Waals surface area contributed by atoms with Gasteiger partial charge in [-0.05, 0) is 149 Å². The molecule has 2 aliphatic heterocycles. The highest BCUT2D eigenvalue weighted by Crippen LogP contribution is 2.33. The largest absolute Gasteiger partial charge is 0.493 e. The third-order valence-electron chi connectivity index (χ3n) is 11.9. The van der Waals surface area contributed by atoms with Gasteiger partial charge in [0.1, 0.15) is 16.8 Å². The van der Waals surface area contributed by atoms with E-state index in [4.69, 9.17) is 59.5 Å². The SMILES string of the molecule is CNc1nc(Cl)nc2ccccc12.CNc1nc(Nc2ccc(OC)c(OCCCN3CCCC3)c2)nc2ccccc12.COc1ccc(N)cc1OCCCN1CCCC1.Clc1nc(Cl)c2ccccc2n1. The predicted octanol–water partition coefficient (Wildman–Crippen LogP) is 11.7. The standard InChI is InChI=1S/C23H29N5O2.C14H22N2O2.C9H8ClN3.C8H4Cl2N2/c1-24-22-18-8-3-4-9-19(18)26-23(27-22)25-17-10-11-20(29-2)21(16-17)30-15-7-14-28-12-5-6-13-28;1-17-13-6-5-12(15)11-14(13)18-10-4-9-16-7-2-3-8-16;1-11-8-6-4-2-3-5-7(6)12-9(10)13-8;9-7-5-3-1-2-4-6(5)11-8(10)12-7/h3-4,8-11,16H,5-7,12-15H2,1-2H3,(H2,24,25,26,27);5-6,11H,2-4,7-10,15H2,1H3;2-5H,1H3,(H,11,12,13);1-4H. The average Bonchev–Trinajstić information content (AvgIpc) is 4.15. The van der Waals surface area contributed by atoms with Crippen molar-refractivity contribution < 1.29 is 18.9 Å². The average molecular weight is 1050 g/mol. The third kappa shape index (κ3) is 15.9. The summed E-state index contributed by atoms with van der Waals surface area (Å²) in [6.07, 6.45) is 7.34. The number of methoxy groups -OCH3 is 2. The van der Waals surface area contributed by atoms with Gasteiger partial charge in [-0.25, -0.2) is 24.9 Å². The number of ether oxygens (including phenoxy) is 4. The summed E-state index contributed by atoms with van der Waals surface area (Å²) in [5.41, 5.74) is 9.79. The smallest absolute Gasteiger partial charge is 0.229 e. The van der Waals surface area contributed by atoms with Crippen molar-refractivity contribution in [2.75, 3.05) is 102 Å². The van der Waals surface area contributed by atoms with Crippen molar-refractivity contribution >= 4 is 96.5 Å². The molecule has 5 heterocycles. The van der Waals surface area contributed by atoms with E-state index in [2.05, 4.69) is 55.7 Å². The van der Waals surface area contributed by atoms with Gasteiger partial charge in [-0.2, -0.15) is 4.98 Å². The third-order valence-corrected chi connectivity index (χ3v) is 12.6. The highest BCUT2D eigenvalue weighted by Gasteiger charge is 2.14. The van der Waals surface area contributed by atoms with Crippen molar-refractivity contribution in [1.82, 2.24) is 39.7 Å². The van der Waals surface area contributed by atoms with Crippen LogP contribution in [0.4, 0.5) is 29.0 Å². The number of aromatic nitrogens is 6. The molecule has 19 heteroatoms. The molecular formula is C54H63Cl3N12O4. The molecule has 5 N–H and O–H groups in total. The van der Waals surface area contributed by atoms with E-state index in [-0.39, 0.29) is 10.6 Å². The van der Waals surface area contributed by atoms with Gasteiger partial charge in [0.2, 0.25) is 16.5 Å². The van der Waals surface area contributed by atoms with Crippen molar-refractivity contribution in [3.05, 3.63) is 125 Å². The van der Waals surface area contributed by atoms with Crippen LogP contribution < -0.4 is 40.6 Å². The summed E-state index contributed by atoms with van der Waals surface area (Å²) in [7, 11) is 6.97. The van der Waals surface area contributed by atoms with Gasteiger partial charge in [-0.1, -0.05) is 48.0 Å². The van der Waals surface area contributed by atoms with E-state index >= 15 is 0 Å². The summed E-state index contributed by atoms with van der Waals surface area (Å²) in [5, 5.41) is 13.0. The van der Waals surface area contributed by atoms with Gasteiger partial charge in [-0.15, -0.1) is 0 Å². The Kier molecular flexibility index (Phi) is 20.7. The van der Waals surface area contributed by atoms with E-state index in [0.29, 0.717) is 30.0 Å². The molecule has 8 aromatic rings. The number of nitrogen functional groups attached to an aromatic ring is 1. The predicted molar refractivity (Wildman–Crippen MR) is 298 cm³/mol. The van der Waals surface area contributed by atoms with Crippen LogP contribution in [0.2, 0.25) is 15.7 Å². The van der Waals surface area contributed by atoms with Crippen LogP contribution in [0.5, 0.6) is 23.0 Å². The van der Waals surface area contributed by atoms with Crippen LogP contribution in [0.1, 0.15) is 38.5 Å². The van der Waals surface area contributed by atoms with Crippen molar-refractivity contribution in [1.29, 1.82) is 0 Å². The van der Waals surface area contributed by atoms with Crippen molar-refractivity contribution in [3.63, 3.8) is 0 Å². The normalized spacial score (nSPS) is 13.2. The molecular weight excluding hydrogens is 987 g/mol. The number of hydrogen-bond donors (Lipinski definition) is 4. The molecule has 2 aliphatic rings. The van der Waals surface area contributed by atoms with Gasteiger partial charge in [0.15, 0.2) is 23.0 Å². The van der Waals surface area contributed by atoms with E-state index in [1.807, 2.05) is 123 Å². The van der Waals surface area contributed by atoms with E-state index in [9.17, 15) is 0 Å². The Morgan fingerprint density at radius 3 is 1.53 bits per heavy atom. The molecule has 0 spiro atoms. The lowest BCUT2D eigenvalue weighted by atomic mass is 10.2. The Hall–Kier alpha value is -6.69. The lowest BCUT2D eigenvalue weighted by Gasteiger charge is -2.16. The van der Waals surface area contributed by atoms with Gasteiger partial charge < -0.3 is 50.4 Å². The summed E-state index contributed by atoms with van der Waals surface area (Å²) < 4.78 is 22.5. The number of benzene rings is 5. The fourth-order valence-corrected chi connectivity index (χ4v) is 8.96. The first-order valence-electron chi connectivity index (χ1n) is 24.4. The number of hydrogen-bond acceptors (Lipinski definition) is 16. The zero-order valence-corrected chi connectivity index (χ0v) is 44.0. The minimum atomic E-state index is 0.179. The number of anilines is 5. The summed E-state index contributed by atoms with van der Waals surface area (Å²) in [6.45, 7) is 8.46. The number of para-hydroxylation sites is 3. The fourth-order valence-electron chi connectivity index (χ4n) is 8.33. The van der Waals surface area contributed by atoms with Crippen LogP contribution in [0.3, 0.4) is 0 Å². The number of nitrogens with zero attached hydrogens (tertiary/aromatic N) is 8. The fraction of sp³-hybridized carbons (Fsp3) is 0.333. The summed E-state index contributed by atoms with van der Waals surface area (Å²) >= 11 is 17.2. The van der Waals surface area contributed by atoms with Crippen LogP contribution >= 0.6 is 34.8 Å². The van der Waals surface area contributed by atoms with E-state index in [1.54, 1.807) is 14.2 Å². The quantitative estimate of drug-likeness (QED) is 0.0310. The van der Waals surface area contributed by atoms with Crippen LogP contribution in [-0.2, 0) is 0 Å². The molecule has 73 heavy (non-hydrogen) atoms. The van der Waals surface area contributed by atoms with Gasteiger partial charge in [0.25, 0.3) is 0 Å². The minimum absolute atomic E-state index is 0.179. The van der Waals surface area contributed by atoms with E-state index in [0.717, 1.165) is 99.0 Å². The lowest BCUT2D eigenvalue weighted by Crippen LogP contribution is -2.21. The molecule has 384 valence electrons. The molecule has 16 nitrogen and oxygen atoms in total. The first-order valence-corrected chi connectivity index (χ1v) is 25.5. The molecule has 0 aliphatic carbocycles. The number of fused-ring (bicyclic) bond motifs is 3. The Bertz CT molecular complexity index is 3020. The van der Waals surface area contributed by atoms with E-state index in [1.165, 1.54) is 51.9 Å². The van der Waals surface area contributed by atoms with Gasteiger partial charge in [-0.3, -0.25) is 0 Å². The summed E-state index contributed by atoms with van der Waals surface area (Å²) in [5.74, 6) is 4.99. The van der Waals surface area contributed by atoms with Crippen LogP contribution in [0.15, 0.2) is 109 Å². The maximum absolute atomic E-state index is 6.04. The Morgan fingerprint density at radius 1 is 0.521 bits per heavy atom. The zero-order chi connectivity index (χ0) is 51.4. The number of nitrogens with one attached hydrogen (secondary N) is 3. The first-order chi connectivity index (χ1) is 35.6. The zero-order valence-electron chi connectivity index (χ0n) is 41.7. The molecule has 0 atom stereocenters. The molecule has 2 fully saturated rings. The van der Waals surface area contributed by atoms with Crippen molar-refractivity contribution in [2.45, 2.75) is 38.5 Å². The van der Waals surface area contributed by atoms with Crippen molar-refractivity contribution in [2.24, 2.45) is 0 Å². The van der Waals surface area contributed by atoms with E-state index < -0.39 is 0 Å². The number of halogens is 3. The first kappa shape index (κ1) is 54.1. The minimum Gasteiger partial charge on any atom is -0.493 e. The highest BCUT2D eigenvalue weighted by atomic mass is 35.5. The second-order valence-corrected chi connectivity index (χ2v) is 18.0. The van der Waals surface area contributed by atoms with Gasteiger partial charge in [0, 0.05) is 66.9 Å². The van der Waals surface area contributed by atoms with Crippen LogP contribution in [0, 0.1) is 0 Å². The Labute approximate surface area is 441 Å². The topological polar surface area (TPSA) is 183 Å². The summed E-state index contributed by atoms with van der Waals surface area (Å²) in [6, 6.07) is 34.4. The van der Waals surface area contributed by atoms with Gasteiger partial charge >= 0.3 is 0 Å². The molecule has 0 amide bonds. The molecule has 0 bridgehead atoms. The number of rotatable bonds is 16. The number of likely N-dealkylation sites (tertiary alicyclic amines) is 2.